The van der Waals surface area contributed by atoms with Gasteiger partial charge in [-0.3, -0.25) is 14.6 Å². The van der Waals surface area contributed by atoms with Gasteiger partial charge in [0.05, 0.1) is 19.1 Å². The van der Waals surface area contributed by atoms with E-state index in [2.05, 4.69) is 4.98 Å². The number of ether oxygens (including phenoxy) is 2. The summed E-state index contributed by atoms with van der Waals surface area (Å²) < 4.78 is 12.8. The number of carbonyl (C=O) groups excluding carboxylic acids is 1. The molecule has 8 nitrogen and oxygen atoms in total. The highest BCUT2D eigenvalue weighted by atomic mass is 16.5. The van der Waals surface area contributed by atoms with Gasteiger partial charge in [0.2, 0.25) is 0 Å². The number of carbonyl (C=O) groups is 1. The van der Waals surface area contributed by atoms with Gasteiger partial charge in [0.1, 0.15) is 22.3 Å². The van der Waals surface area contributed by atoms with E-state index in [9.17, 15) is 9.59 Å². The normalized spacial score (nSPS) is 11.2. The van der Waals surface area contributed by atoms with Gasteiger partial charge in [-0.2, -0.15) is 0 Å². The quantitative estimate of drug-likeness (QED) is 0.560. The zero-order valence-electron chi connectivity index (χ0n) is 14.2. The van der Waals surface area contributed by atoms with E-state index in [0.29, 0.717) is 17.9 Å². The highest BCUT2D eigenvalue weighted by Gasteiger charge is 2.18. The molecule has 0 aliphatic rings. The predicted octanol–water partition coefficient (Wildman–Crippen LogP) is 0.870. The first-order chi connectivity index (χ1) is 12.0. The van der Waals surface area contributed by atoms with E-state index in [1.165, 1.54) is 22.1 Å². The largest absolute Gasteiger partial charge is 0.465 e. The molecule has 0 saturated heterocycles. The Hall–Kier alpha value is -3.00. The summed E-state index contributed by atoms with van der Waals surface area (Å²) >= 11 is 0. The Kier molecular flexibility index (Phi) is 4.37. The van der Waals surface area contributed by atoms with Gasteiger partial charge < -0.3 is 14.0 Å². The second kappa shape index (κ2) is 6.48. The minimum atomic E-state index is -0.674. The third-order valence-corrected chi connectivity index (χ3v) is 4.06. The fourth-order valence-corrected chi connectivity index (χ4v) is 2.76. The molecule has 0 spiro atoms. The van der Waals surface area contributed by atoms with Gasteiger partial charge in [-0.15, -0.1) is 0 Å². The van der Waals surface area contributed by atoms with Crippen LogP contribution in [0.2, 0.25) is 0 Å². The van der Waals surface area contributed by atoms with Crippen molar-refractivity contribution in [3.63, 3.8) is 0 Å². The van der Waals surface area contributed by atoms with Crippen LogP contribution in [0.3, 0.4) is 0 Å². The van der Waals surface area contributed by atoms with Crippen molar-refractivity contribution >= 4 is 22.6 Å². The molecular weight excluding hydrogens is 324 g/mol. The molecule has 3 rings (SSSR count). The molecule has 3 aromatic rings. The van der Waals surface area contributed by atoms with E-state index in [0.717, 1.165) is 5.56 Å². The number of hydrogen-bond acceptors (Lipinski definition) is 6. The molecule has 0 atom stereocenters. The molecule has 0 amide bonds. The molecule has 0 bridgehead atoms. The van der Waals surface area contributed by atoms with Crippen LogP contribution >= 0.6 is 0 Å². The lowest BCUT2D eigenvalue weighted by Gasteiger charge is -2.14. The first-order valence-corrected chi connectivity index (χ1v) is 7.67. The summed E-state index contributed by atoms with van der Waals surface area (Å²) in [4.78, 5) is 29.5. The smallest absolute Gasteiger partial charge is 0.341 e. The maximum Gasteiger partial charge on any atom is 0.341 e. The molecule has 1 N–H and O–H groups in total. The number of rotatable bonds is 4. The first kappa shape index (κ1) is 16.8. The van der Waals surface area contributed by atoms with Crippen molar-refractivity contribution in [2.45, 2.75) is 13.5 Å². The van der Waals surface area contributed by atoms with Crippen molar-refractivity contribution in [3.05, 3.63) is 51.4 Å². The lowest BCUT2D eigenvalue weighted by molar-refractivity contribution is 0.0597. The minimum absolute atomic E-state index is 0.0117. The van der Waals surface area contributed by atoms with Crippen LogP contribution in [-0.2, 0) is 16.0 Å². The Morgan fingerprint density at radius 2 is 2.08 bits per heavy atom. The van der Waals surface area contributed by atoms with Crippen LogP contribution in [0.25, 0.3) is 16.7 Å². The van der Waals surface area contributed by atoms with Gasteiger partial charge in [-0.05, 0) is 24.6 Å². The molecule has 0 aliphatic carbocycles. The van der Waals surface area contributed by atoms with Crippen molar-refractivity contribution in [1.82, 2.24) is 14.0 Å². The fraction of sp³-hybridized carbons (Fsp3) is 0.294. The molecule has 3 aromatic heterocycles. The molecular formula is C17H18N4O4. The average Bonchev–Trinajstić information content (AvgIpc) is 2.61. The Morgan fingerprint density at radius 1 is 1.32 bits per heavy atom. The maximum atomic E-state index is 12.9. The van der Waals surface area contributed by atoms with E-state index in [4.69, 9.17) is 14.9 Å². The van der Waals surface area contributed by atoms with Gasteiger partial charge >= 0.3 is 5.97 Å². The van der Waals surface area contributed by atoms with Crippen LogP contribution in [-0.4, -0.2) is 40.7 Å². The number of nitrogens with zero attached hydrogens (tertiary/aromatic N) is 3. The van der Waals surface area contributed by atoms with Crippen molar-refractivity contribution in [2.24, 2.45) is 0 Å². The number of nitrogens with one attached hydrogen (secondary N) is 1. The molecule has 0 saturated carbocycles. The van der Waals surface area contributed by atoms with Gasteiger partial charge in [0, 0.05) is 19.9 Å². The van der Waals surface area contributed by atoms with E-state index < -0.39 is 5.97 Å². The number of esters is 1. The van der Waals surface area contributed by atoms with Crippen LogP contribution < -0.4 is 11.0 Å². The molecule has 0 unspecified atom stereocenters. The third-order valence-electron chi connectivity index (χ3n) is 4.06. The maximum absolute atomic E-state index is 12.9. The zero-order valence-corrected chi connectivity index (χ0v) is 14.2. The molecule has 0 aromatic carbocycles. The Balaban J connectivity index is 2.50. The standard InChI is InChI=1S/C17H18N4O4/c1-10-5-4-6-21-14(10)19-15-12(16(21)22)9-11(17(23)25-3)13(18)20(15)7-8-24-2/h4-6,9,18H,7-8H2,1-3H3. The van der Waals surface area contributed by atoms with Crippen LogP contribution in [0.5, 0.6) is 0 Å². The second-order valence-electron chi connectivity index (χ2n) is 5.58. The summed E-state index contributed by atoms with van der Waals surface area (Å²) in [5, 5.41) is 8.58. The Bertz CT molecular complexity index is 1100. The van der Waals surface area contributed by atoms with Crippen molar-refractivity contribution < 1.29 is 14.3 Å². The van der Waals surface area contributed by atoms with Gasteiger partial charge in [-0.1, -0.05) is 6.07 Å². The van der Waals surface area contributed by atoms with Gasteiger partial charge in [0.25, 0.3) is 5.56 Å². The number of aromatic nitrogens is 3. The predicted molar refractivity (Wildman–Crippen MR) is 90.8 cm³/mol. The zero-order chi connectivity index (χ0) is 18.1. The summed E-state index contributed by atoms with van der Waals surface area (Å²) in [6, 6.07) is 4.99. The van der Waals surface area contributed by atoms with Crippen molar-refractivity contribution in [2.75, 3.05) is 20.8 Å². The SMILES string of the molecule is COCCn1c(=N)c(C(=O)OC)cc2c(=O)n3cccc(C)c3nc21. The molecule has 0 aliphatic heterocycles. The second-order valence-corrected chi connectivity index (χ2v) is 5.58. The summed E-state index contributed by atoms with van der Waals surface area (Å²) in [6.45, 7) is 2.45. The molecule has 8 heteroatoms. The van der Waals surface area contributed by atoms with E-state index in [1.54, 1.807) is 19.4 Å². The highest BCUT2D eigenvalue weighted by molar-refractivity contribution is 5.93. The molecule has 25 heavy (non-hydrogen) atoms. The van der Waals surface area contributed by atoms with Crippen molar-refractivity contribution in [3.8, 4) is 0 Å². The van der Waals surface area contributed by atoms with E-state index in [1.807, 2.05) is 13.0 Å². The van der Waals surface area contributed by atoms with E-state index >= 15 is 0 Å². The van der Waals surface area contributed by atoms with Gasteiger partial charge in [0.15, 0.2) is 0 Å². The van der Waals surface area contributed by atoms with Crippen LogP contribution in [0, 0.1) is 12.3 Å². The van der Waals surface area contributed by atoms with Crippen molar-refractivity contribution in [1.29, 1.82) is 5.41 Å². The highest BCUT2D eigenvalue weighted by Crippen LogP contribution is 2.13. The van der Waals surface area contributed by atoms with Crippen LogP contribution in [0.4, 0.5) is 0 Å². The number of aryl methyl sites for hydroxylation is 1. The number of pyridine rings is 2. The van der Waals surface area contributed by atoms with Crippen LogP contribution in [0.1, 0.15) is 15.9 Å². The lowest BCUT2D eigenvalue weighted by Crippen LogP contribution is -2.31. The third kappa shape index (κ3) is 2.70. The fourth-order valence-electron chi connectivity index (χ4n) is 2.76. The summed E-state index contributed by atoms with van der Waals surface area (Å²) in [5.41, 5.74) is 1.33. The van der Waals surface area contributed by atoms with Gasteiger partial charge in [-0.25, -0.2) is 9.78 Å². The summed E-state index contributed by atoms with van der Waals surface area (Å²) in [5.74, 6) is -0.674. The lowest BCUT2D eigenvalue weighted by atomic mass is 10.2. The Labute approximate surface area is 142 Å². The molecule has 130 valence electrons. The summed E-state index contributed by atoms with van der Waals surface area (Å²) in [6.07, 6.45) is 1.63. The Morgan fingerprint density at radius 3 is 2.76 bits per heavy atom. The van der Waals surface area contributed by atoms with E-state index in [-0.39, 0.29) is 28.5 Å². The summed E-state index contributed by atoms with van der Waals surface area (Å²) in [7, 11) is 2.78. The minimum Gasteiger partial charge on any atom is -0.465 e. The first-order valence-electron chi connectivity index (χ1n) is 7.67. The average molecular weight is 342 g/mol. The molecule has 0 fully saturated rings. The monoisotopic (exact) mass is 342 g/mol. The topological polar surface area (TPSA) is 98.7 Å². The number of methoxy groups -OCH3 is 2. The molecule has 3 heterocycles. The number of fused-ring (bicyclic) bond motifs is 2. The van der Waals surface area contributed by atoms with Crippen LogP contribution in [0.15, 0.2) is 29.2 Å². The number of hydrogen-bond donors (Lipinski definition) is 1. The molecule has 0 radical (unpaired) electrons.